The maximum Gasteiger partial charge on any atom is 0.162 e. The predicted octanol–water partition coefficient (Wildman–Crippen LogP) is 3.29. The van der Waals surface area contributed by atoms with Gasteiger partial charge in [0.15, 0.2) is 11.5 Å². The highest BCUT2D eigenvalue weighted by Gasteiger charge is 2.16. The Labute approximate surface area is 118 Å². The number of ether oxygens (including phenoxy) is 1. The second-order valence-electron chi connectivity index (χ2n) is 4.68. The smallest absolute Gasteiger partial charge is 0.162 e. The summed E-state index contributed by atoms with van der Waals surface area (Å²) >= 11 is 7.78. The Bertz CT molecular complexity index is 410. The summed E-state index contributed by atoms with van der Waals surface area (Å²) in [4.78, 5) is 0. The largest absolute Gasteiger partial charge is 0.504 e. The van der Waals surface area contributed by atoms with Gasteiger partial charge >= 0.3 is 0 Å². The van der Waals surface area contributed by atoms with Gasteiger partial charge in [-0.15, -0.1) is 0 Å². The van der Waals surface area contributed by atoms with E-state index in [2.05, 4.69) is 25.4 Å². The molecular formula is C13H20ClNO2S. The number of phenols is 1. The minimum Gasteiger partial charge on any atom is -0.504 e. The predicted molar refractivity (Wildman–Crippen MR) is 79.0 cm³/mol. The Balaban J connectivity index is 2.70. The summed E-state index contributed by atoms with van der Waals surface area (Å²) in [5.41, 5.74) is 0.747. The average Bonchev–Trinajstić information content (AvgIpc) is 2.33. The van der Waals surface area contributed by atoms with E-state index in [1.807, 2.05) is 0 Å². The molecule has 102 valence electrons. The molecule has 0 aromatic heterocycles. The molecule has 0 unspecified atom stereocenters. The zero-order valence-electron chi connectivity index (χ0n) is 11.2. The van der Waals surface area contributed by atoms with Gasteiger partial charge in [-0.2, -0.15) is 11.8 Å². The fourth-order valence-electron chi connectivity index (χ4n) is 1.49. The Morgan fingerprint density at radius 1 is 1.44 bits per heavy atom. The van der Waals surface area contributed by atoms with Crippen LogP contribution in [-0.4, -0.2) is 29.8 Å². The van der Waals surface area contributed by atoms with Crippen molar-refractivity contribution in [3.8, 4) is 11.5 Å². The first kappa shape index (κ1) is 15.5. The van der Waals surface area contributed by atoms with E-state index in [0.29, 0.717) is 17.3 Å². The normalized spacial score (nSPS) is 11.6. The van der Waals surface area contributed by atoms with Crippen LogP contribution in [0.3, 0.4) is 0 Å². The molecule has 1 rings (SSSR count). The van der Waals surface area contributed by atoms with Gasteiger partial charge in [-0.25, -0.2) is 0 Å². The third-order valence-corrected chi connectivity index (χ3v) is 4.23. The van der Waals surface area contributed by atoms with E-state index in [1.165, 1.54) is 7.11 Å². The number of rotatable bonds is 6. The lowest BCUT2D eigenvalue weighted by molar-refractivity contribution is 0.369. The van der Waals surface area contributed by atoms with E-state index < -0.39 is 0 Å². The molecule has 0 fully saturated rings. The van der Waals surface area contributed by atoms with Crippen molar-refractivity contribution in [2.45, 2.75) is 25.1 Å². The summed E-state index contributed by atoms with van der Waals surface area (Å²) in [5, 5.41) is 13.8. The van der Waals surface area contributed by atoms with Crippen LogP contribution in [0.15, 0.2) is 12.1 Å². The molecule has 0 heterocycles. The second kappa shape index (κ2) is 6.55. The van der Waals surface area contributed by atoms with Crippen LogP contribution in [0, 0.1) is 0 Å². The Morgan fingerprint density at radius 2 is 2.11 bits per heavy atom. The van der Waals surface area contributed by atoms with Crippen LogP contribution in [0.25, 0.3) is 0 Å². The maximum atomic E-state index is 9.97. The van der Waals surface area contributed by atoms with Crippen molar-refractivity contribution in [2.75, 3.05) is 19.9 Å². The molecule has 1 aromatic carbocycles. The highest BCUT2D eigenvalue weighted by Crippen LogP contribution is 2.33. The summed E-state index contributed by atoms with van der Waals surface area (Å²) in [6.07, 6.45) is 2.08. The van der Waals surface area contributed by atoms with Crippen LogP contribution in [-0.2, 0) is 6.54 Å². The molecule has 2 N–H and O–H groups in total. The summed E-state index contributed by atoms with van der Waals surface area (Å²) in [6, 6.07) is 3.35. The fraction of sp³-hybridized carbons (Fsp3) is 0.538. The maximum absolute atomic E-state index is 9.97. The lowest BCUT2D eigenvalue weighted by Crippen LogP contribution is -2.31. The molecule has 0 aliphatic heterocycles. The number of hydrogen-bond donors (Lipinski definition) is 2. The number of nitrogens with one attached hydrogen (secondary N) is 1. The van der Waals surface area contributed by atoms with E-state index in [1.54, 1.807) is 23.9 Å². The van der Waals surface area contributed by atoms with Gasteiger partial charge in [0.05, 0.1) is 7.11 Å². The summed E-state index contributed by atoms with van der Waals surface area (Å²) in [5.74, 6) is 0.555. The first-order chi connectivity index (χ1) is 8.39. The van der Waals surface area contributed by atoms with Crippen LogP contribution in [0.5, 0.6) is 11.5 Å². The molecule has 0 bridgehead atoms. The molecule has 3 nitrogen and oxygen atoms in total. The average molecular weight is 290 g/mol. The van der Waals surface area contributed by atoms with Crippen LogP contribution >= 0.6 is 23.4 Å². The monoisotopic (exact) mass is 289 g/mol. The molecule has 0 atom stereocenters. The molecule has 0 amide bonds. The zero-order valence-corrected chi connectivity index (χ0v) is 12.8. The molecule has 5 heteroatoms. The minimum atomic E-state index is 0.149. The summed E-state index contributed by atoms with van der Waals surface area (Å²) in [7, 11) is 1.51. The molecule has 0 spiro atoms. The van der Waals surface area contributed by atoms with Gasteiger partial charge in [-0.1, -0.05) is 11.6 Å². The second-order valence-corrected chi connectivity index (χ2v) is 6.63. The van der Waals surface area contributed by atoms with E-state index in [0.717, 1.165) is 12.1 Å². The third kappa shape index (κ3) is 4.26. The highest BCUT2D eigenvalue weighted by molar-refractivity contribution is 7.99. The molecule has 18 heavy (non-hydrogen) atoms. The number of halogens is 1. The first-order valence-corrected chi connectivity index (χ1v) is 7.31. The van der Waals surface area contributed by atoms with Gasteiger partial charge in [0, 0.05) is 34.5 Å². The zero-order chi connectivity index (χ0) is 13.8. The molecule has 0 saturated heterocycles. The van der Waals surface area contributed by atoms with Crippen molar-refractivity contribution in [3.05, 3.63) is 22.7 Å². The SMILES string of the molecule is COc1cc(Cl)cc(CNCC(C)(C)SC)c1O. The Kier molecular flexibility index (Phi) is 5.63. The van der Waals surface area contributed by atoms with E-state index in [9.17, 15) is 5.11 Å². The fourth-order valence-corrected chi connectivity index (χ4v) is 1.97. The van der Waals surface area contributed by atoms with Gasteiger partial charge in [-0.05, 0) is 26.2 Å². The molecule has 0 aliphatic rings. The molecule has 0 saturated carbocycles. The van der Waals surface area contributed by atoms with Gasteiger partial charge in [0.2, 0.25) is 0 Å². The van der Waals surface area contributed by atoms with E-state index in [-0.39, 0.29) is 10.5 Å². The molecule has 0 radical (unpaired) electrons. The van der Waals surface area contributed by atoms with Crippen molar-refractivity contribution in [1.82, 2.24) is 5.32 Å². The van der Waals surface area contributed by atoms with Crippen LogP contribution < -0.4 is 10.1 Å². The summed E-state index contributed by atoms with van der Waals surface area (Å²) < 4.78 is 5.23. The third-order valence-electron chi connectivity index (χ3n) is 2.76. The topological polar surface area (TPSA) is 41.5 Å². The highest BCUT2D eigenvalue weighted by atomic mass is 35.5. The van der Waals surface area contributed by atoms with Crippen molar-refractivity contribution in [1.29, 1.82) is 0 Å². The lowest BCUT2D eigenvalue weighted by atomic mass is 10.1. The lowest BCUT2D eigenvalue weighted by Gasteiger charge is -2.22. The minimum absolute atomic E-state index is 0.149. The number of aromatic hydroxyl groups is 1. The number of hydrogen-bond acceptors (Lipinski definition) is 4. The number of methoxy groups -OCH3 is 1. The van der Waals surface area contributed by atoms with E-state index in [4.69, 9.17) is 16.3 Å². The summed E-state index contributed by atoms with van der Waals surface area (Å²) in [6.45, 7) is 5.75. The standard InChI is InChI=1S/C13H20ClNO2S/c1-13(2,18-4)8-15-7-9-5-10(14)6-11(17-3)12(9)16/h5-6,15-16H,7-8H2,1-4H3. The molecule has 1 aromatic rings. The van der Waals surface area contributed by atoms with Crippen LogP contribution in [0.4, 0.5) is 0 Å². The Morgan fingerprint density at radius 3 is 2.67 bits per heavy atom. The molecular weight excluding hydrogens is 270 g/mol. The number of phenolic OH excluding ortho intramolecular Hbond substituents is 1. The van der Waals surface area contributed by atoms with Gasteiger partial charge in [-0.3, -0.25) is 0 Å². The van der Waals surface area contributed by atoms with Crippen molar-refractivity contribution in [2.24, 2.45) is 0 Å². The number of thioether (sulfide) groups is 1. The van der Waals surface area contributed by atoms with E-state index >= 15 is 0 Å². The number of benzene rings is 1. The first-order valence-electron chi connectivity index (χ1n) is 5.71. The molecule has 0 aliphatic carbocycles. The van der Waals surface area contributed by atoms with Crippen LogP contribution in [0.2, 0.25) is 5.02 Å². The quantitative estimate of drug-likeness (QED) is 0.843. The van der Waals surface area contributed by atoms with Crippen molar-refractivity contribution >= 4 is 23.4 Å². The Hall–Kier alpha value is -0.580. The van der Waals surface area contributed by atoms with Gasteiger partial charge in [0.25, 0.3) is 0 Å². The van der Waals surface area contributed by atoms with Crippen LogP contribution in [0.1, 0.15) is 19.4 Å². The van der Waals surface area contributed by atoms with Gasteiger partial charge < -0.3 is 15.2 Å². The van der Waals surface area contributed by atoms with Crippen molar-refractivity contribution in [3.63, 3.8) is 0 Å². The van der Waals surface area contributed by atoms with Gasteiger partial charge in [0.1, 0.15) is 0 Å². The van der Waals surface area contributed by atoms with Crippen molar-refractivity contribution < 1.29 is 9.84 Å².